The van der Waals surface area contributed by atoms with Gasteiger partial charge in [-0.2, -0.15) is 0 Å². The van der Waals surface area contributed by atoms with Gasteiger partial charge >= 0.3 is 6.09 Å². The lowest BCUT2D eigenvalue weighted by Gasteiger charge is -2.35. The molecular weight excluding hydrogens is 264 g/mol. The van der Waals surface area contributed by atoms with E-state index in [0.717, 1.165) is 25.3 Å². The average Bonchev–Trinajstić information content (AvgIpc) is 3.16. The predicted octanol–water partition coefficient (Wildman–Crippen LogP) is 3.85. The molecule has 1 saturated carbocycles. The van der Waals surface area contributed by atoms with Crippen molar-refractivity contribution < 1.29 is 9.53 Å². The number of carbonyl (C=O) groups excluding carboxylic acids is 1. The van der Waals surface area contributed by atoms with Crippen LogP contribution in [0.5, 0.6) is 0 Å². The van der Waals surface area contributed by atoms with E-state index in [0.29, 0.717) is 6.04 Å². The highest BCUT2D eigenvalue weighted by Gasteiger charge is 2.31. The maximum atomic E-state index is 12.1. The Bertz CT molecular complexity index is 328. The Morgan fingerprint density at radius 1 is 1.24 bits per heavy atom. The number of hydrogen-bond donors (Lipinski definition) is 2. The first kappa shape index (κ1) is 18.3. The summed E-state index contributed by atoms with van der Waals surface area (Å²) in [6.07, 6.45) is 5.49. The summed E-state index contributed by atoms with van der Waals surface area (Å²) in [4.78, 5) is 12.1. The lowest BCUT2D eigenvalue weighted by Crippen LogP contribution is -2.56. The van der Waals surface area contributed by atoms with E-state index < -0.39 is 5.60 Å². The third-order valence-electron chi connectivity index (χ3n) is 4.29. The molecule has 4 heteroatoms. The van der Waals surface area contributed by atoms with Gasteiger partial charge in [0.1, 0.15) is 5.60 Å². The summed E-state index contributed by atoms with van der Waals surface area (Å²) in [5.41, 5.74) is -0.676. The molecule has 0 radical (unpaired) electrons. The van der Waals surface area contributed by atoms with Gasteiger partial charge in [0.15, 0.2) is 0 Å². The number of hydrogen-bond acceptors (Lipinski definition) is 3. The summed E-state index contributed by atoms with van der Waals surface area (Å²) >= 11 is 0. The Morgan fingerprint density at radius 2 is 1.81 bits per heavy atom. The number of alkyl carbamates (subject to hydrolysis) is 1. The van der Waals surface area contributed by atoms with Crippen LogP contribution in [0, 0.1) is 5.92 Å². The van der Waals surface area contributed by atoms with E-state index in [1.165, 1.54) is 19.3 Å². The summed E-state index contributed by atoms with van der Waals surface area (Å²) < 4.78 is 5.40. The number of nitrogens with one attached hydrogen (secondary N) is 2. The van der Waals surface area contributed by atoms with Gasteiger partial charge in [0.25, 0.3) is 0 Å². The SMILES string of the molecule is CCC(CC)(CNC(C)CC1CC1)NC(=O)OC(C)(C)C. The number of carbonyl (C=O) groups is 1. The quantitative estimate of drug-likeness (QED) is 0.715. The molecule has 1 aliphatic rings. The van der Waals surface area contributed by atoms with Crippen molar-refractivity contribution in [1.82, 2.24) is 10.6 Å². The van der Waals surface area contributed by atoms with E-state index in [-0.39, 0.29) is 11.6 Å². The van der Waals surface area contributed by atoms with Gasteiger partial charge < -0.3 is 15.4 Å². The molecule has 2 N–H and O–H groups in total. The molecule has 0 saturated heterocycles. The molecular formula is C17H34N2O2. The van der Waals surface area contributed by atoms with E-state index in [2.05, 4.69) is 31.4 Å². The van der Waals surface area contributed by atoms with Crippen LogP contribution in [-0.4, -0.2) is 29.8 Å². The van der Waals surface area contributed by atoms with Gasteiger partial charge in [0.2, 0.25) is 0 Å². The van der Waals surface area contributed by atoms with Crippen molar-refractivity contribution >= 4 is 6.09 Å². The molecule has 0 spiro atoms. The van der Waals surface area contributed by atoms with Crippen LogP contribution in [0.2, 0.25) is 0 Å². The summed E-state index contributed by atoms with van der Waals surface area (Å²) in [6.45, 7) is 12.9. The topological polar surface area (TPSA) is 50.4 Å². The first-order chi connectivity index (χ1) is 9.69. The number of amides is 1. The number of rotatable bonds is 8. The van der Waals surface area contributed by atoms with E-state index >= 15 is 0 Å². The molecule has 1 atom stereocenters. The Hall–Kier alpha value is -0.770. The molecule has 1 unspecified atom stereocenters. The summed E-state index contributed by atoms with van der Waals surface area (Å²) in [5, 5.41) is 6.68. The lowest BCUT2D eigenvalue weighted by atomic mass is 9.92. The third kappa shape index (κ3) is 7.16. The average molecular weight is 298 g/mol. The van der Waals surface area contributed by atoms with Gasteiger partial charge in [-0.1, -0.05) is 26.7 Å². The molecule has 1 amide bonds. The van der Waals surface area contributed by atoms with E-state index in [1.54, 1.807) is 0 Å². The molecule has 0 aromatic carbocycles. The van der Waals surface area contributed by atoms with Crippen LogP contribution in [0.15, 0.2) is 0 Å². The largest absolute Gasteiger partial charge is 0.444 e. The van der Waals surface area contributed by atoms with Crippen LogP contribution in [0.25, 0.3) is 0 Å². The molecule has 0 aromatic rings. The molecule has 124 valence electrons. The normalized spacial score (nSPS) is 17.4. The fourth-order valence-corrected chi connectivity index (χ4v) is 2.55. The molecule has 21 heavy (non-hydrogen) atoms. The summed E-state index contributed by atoms with van der Waals surface area (Å²) in [5.74, 6) is 0.920. The monoisotopic (exact) mass is 298 g/mol. The Balaban J connectivity index is 2.49. The minimum absolute atomic E-state index is 0.222. The maximum Gasteiger partial charge on any atom is 0.408 e. The molecule has 1 aliphatic carbocycles. The second-order valence-electron chi connectivity index (χ2n) is 7.58. The van der Waals surface area contributed by atoms with Crippen molar-refractivity contribution in [2.24, 2.45) is 5.92 Å². The molecule has 0 aliphatic heterocycles. The van der Waals surface area contributed by atoms with Crippen LogP contribution in [0.1, 0.15) is 73.6 Å². The molecule has 1 fully saturated rings. The second-order valence-corrected chi connectivity index (χ2v) is 7.58. The van der Waals surface area contributed by atoms with Crippen LogP contribution < -0.4 is 10.6 Å². The lowest BCUT2D eigenvalue weighted by molar-refractivity contribution is 0.0444. The van der Waals surface area contributed by atoms with Gasteiger partial charge in [0.05, 0.1) is 5.54 Å². The zero-order valence-electron chi connectivity index (χ0n) is 14.7. The van der Waals surface area contributed by atoms with Gasteiger partial charge in [0, 0.05) is 12.6 Å². The molecule has 4 nitrogen and oxygen atoms in total. The van der Waals surface area contributed by atoms with E-state index in [4.69, 9.17) is 4.74 Å². The highest BCUT2D eigenvalue weighted by molar-refractivity contribution is 5.68. The fraction of sp³-hybridized carbons (Fsp3) is 0.941. The van der Waals surface area contributed by atoms with Crippen molar-refractivity contribution in [1.29, 1.82) is 0 Å². The molecule has 0 heterocycles. The molecule has 0 aromatic heterocycles. The van der Waals surface area contributed by atoms with Gasteiger partial charge in [-0.25, -0.2) is 4.79 Å². The second kappa shape index (κ2) is 7.48. The van der Waals surface area contributed by atoms with Crippen molar-refractivity contribution in [2.75, 3.05) is 6.54 Å². The van der Waals surface area contributed by atoms with Crippen molar-refractivity contribution in [3.63, 3.8) is 0 Å². The highest BCUT2D eigenvalue weighted by Crippen LogP contribution is 2.33. The zero-order valence-corrected chi connectivity index (χ0v) is 14.7. The third-order valence-corrected chi connectivity index (χ3v) is 4.29. The van der Waals surface area contributed by atoms with Gasteiger partial charge in [-0.05, 0) is 52.9 Å². The minimum Gasteiger partial charge on any atom is -0.444 e. The summed E-state index contributed by atoms with van der Waals surface area (Å²) in [7, 11) is 0. The van der Waals surface area contributed by atoms with Crippen LogP contribution in [-0.2, 0) is 4.74 Å². The van der Waals surface area contributed by atoms with Crippen molar-refractivity contribution in [3.8, 4) is 0 Å². The smallest absolute Gasteiger partial charge is 0.408 e. The minimum atomic E-state index is -0.454. The Kier molecular flexibility index (Phi) is 6.51. The van der Waals surface area contributed by atoms with Crippen LogP contribution >= 0.6 is 0 Å². The Morgan fingerprint density at radius 3 is 2.24 bits per heavy atom. The van der Waals surface area contributed by atoms with Gasteiger partial charge in [-0.15, -0.1) is 0 Å². The van der Waals surface area contributed by atoms with E-state index in [1.807, 2.05) is 20.8 Å². The first-order valence-corrected chi connectivity index (χ1v) is 8.44. The predicted molar refractivity (Wildman–Crippen MR) is 87.5 cm³/mol. The summed E-state index contributed by atoms with van der Waals surface area (Å²) in [6, 6.07) is 0.510. The van der Waals surface area contributed by atoms with Crippen molar-refractivity contribution in [2.45, 2.75) is 90.8 Å². The van der Waals surface area contributed by atoms with Gasteiger partial charge in [-0.3, -0.25) is 0 Å². The van der Waals surface area contributed by atoms with E-state index in [9.17, 15) is 4.79 Å². The maximum absolute atomic E-state index is 12.1. The van der Waals surface area contributed by atoms with Crippen molar-refractivity contribution in [3.05, 3.63) is 0 Å². The Labute approximate surface area is 130 Å². The van der Waals surface area contributed by atoms with Crippen LogP contribution in [0.4, 0.5) is 4.79 Å². The van der Waals surface area contributed by atoms with Crippen LogP contribution in [0.3, 0.4) is 0 Å². The fourth-order valence-electron chi connectivity index (χ4n) is 2.55. The first-order valence-electron chi connectivity index (χ1n) is 8.44. The highest BCUT2D eigenvalue weighted by atomic mass is 16.6. The zero-order chi connectivity index (χ0) is 16.1. The number of ether oxygens (including phenoxy) is 1. The molecule has 1 rings (SSSR count). The molecule has 0 bridgehead atoms. The standard InChI is InChI=1S/C17H34N2O2/c1-7-17(8-2,19-15(20)21-16(4,5)6)12-18-13(3)11-14-9-10-14/h13-14,18H,7-12H2,1-6H3,(H,19,20).